The Hall–Kier alpha value is -2.82. The first-order valence-corrected chi connectivity index (χ1v) is 7.59. The van der Waals surface area contributed by atoms with Crippen molar-refractivity contribution in [3.05, 3.63) is 59.4 Å². The molecule has 0 fully saturated rings. The van der Waals surface area contributed by atoms with Gasteiger partial charge in [-0.3, -0.25) is 0 Å². The molecule has 0 bridgehead atoms. The molecule has 118 valence electrons. The van der Waals surface area contributed by atoms with E-state index in [1.165, 1.54) is 0 Å². The van der Waals surface area contributed by atoms with Crippen LogP contribution in [-0.2, 0) is 6.42 Å². The number of nitrogens with zero attached hydrogens (tertiary/aromatic N) is 1. The average molecular weight is 310 g/mol. The van der Waals surface area contributed by atoms with Crippen LogP contribution in [0.15, 0.2) is 42.5 Å². The van der Waals surface area contributed by atoms with Gasteiger partial charge in [-0.2, -0.15) is 0 Å². The maximum atomic E-state index is 11.0. The number of fused-ring (bicyclic) bond motifs is 1. The molecule has 0 radical (unpaired) electrons. The van der Waals surface area contributed by atoms with Crippen molar-refractivity contribution in [1.29, 1.82) is 0 Å². The highest BCUT2D eigenvalue weighted by molar-refractivity contribution is 5.92. The van der Waals surface area contributed by atoms with E-state index >= 15 is 0 Å². The zero-order valence-electron chi connectivity index (χ0n) is 12.9. The SMILES string of the molecule is CCCOc1ccc(Cc2nc3ccc(C(=O)O)cc3[nH]2)cc1. The van der Waals surface area contributed by atoms with Crippen LogP contribution in [0.25, 0.3) is 11.0 Å². The number of carboxylic acid groups (broad SMARTS) is 1. The van der Waals surface area contributed by atoms with Crippen LogP contribution in [0.2, 0.25) is 0 Å². The van der Waals surface area contributed by atoms with Gasteiger partial charge in [0.05, 0.1) is 23.2 Å². The number of H-pyrrole nitrogens is 1. The number of hydrogen-bond acceptors (Lipinski definition) is 3. The molecule has 0 aliphatic heterocycles. The maximum Gasteiger partial charge on any atom is 0.335 e. The van der Waals surface area contributed by atoms with Crippen molar-refractivity contribution in [3.8, 4) is 5.75 Å². The standard InChI is InChI=1S/C18H18N2O3/c1-2-9-23-14-6-3-12(4-7-14)10-17-19-15-8-5-13(18(21)22)11-16(15)20-17/h3-8,11H,2,9-10H2,1H3,(H,19,20)(H,21,22). The predicted octanol–water partition coefficient (Wildman–Crippen LogP) is 3.64. The number of carbonyl (C=O) groups is 1. The summed E-state index contributed by atoms with van der Waals surface area (Å²) in [6, 6.07) is 12.8. The summed E-state index contributed by atoms with van der Waals surface area (Å²) >= 11 is 0. The van der Waals surface area contributed by atoms with Gasteiger partial charge in [-0.25, -0.2) is 9.78 Å². The molecule has 5 nitrogen and oxygen atoms in total. The van der Waals surface area contributed by atoms with E-state index in [0.29, 0.717) is 6.42 Å². The van der Waals surface area contributed by atoms with E-state index < -0.39 is 5.97 Å². The molecule has 0 aliphatic rings. The lowest BCUT2D eigenvalue weighted by atomic mass is 10.1. The molecule has 0 atom stereocenters. The molecule has 0 unspecified atom stereocenters. The molecular weight excluding hydrogens is 292 g/mol. The molecule has 0 spiro atoms. The lowest BCUT2D eigenvalue weighted by molar-refractivity contribution is 0.0697. The summed E-state index contributed by atoms with van der Waals surface area (Å²) in [4.78, 5) is 18.7. The number of hydrogen-bond donors (Lipinski definition) is 2. The van der Waals surface area contributed by atoms with Gasteiger partial charge in [-0.15, -0.1) is 0 Å². The van der Waals surface area contributed by atoms with Gasteiger partial charge in [-0.1, -0.05) is 19.1 Å². The second kappa shape index (κ2) is 6.52. The molecule has 2 N–H and O–H groups in total. The van der Waals surface area contributed by atoms with E-state index in [4.69, 9.17) is 9.84 Å². The summed E-state index contributed by atoms with van der Waals surface area (Å²) in [6.45, 7) is 2.79. The summed E-state index contributed by atoms with van der Waals surface area (Å²) in [5.74, 6) is 0.738. The maximum absolute atomic E-state index is 11.0. The number of aromatic carboxylic acids is 1. The van der Waals surface area contributed by atoms with Crippen LogP contribution in [0.1, 0.15) is 35.1 Å². The van der Waals surface area contributed by atoms with Gasteiger partial charge in [0.2, 0.25) is 0 Å². The molecule has 2 aromatic carbocycles. The van der Waals surface area contributed by atoms with Gasteiger partial charge in [-0.05, 0) is 42.3 Å². The summed E-state index contributed by atoms with van der Waals surface area (Å²) in [5.41, 5.74) is 2.88. The molecule has 5 heteroatoms. The van der Waals surface area contributed by atoms with Crippen LogP contribution >= 0.6 is 0 Å². The van der Waals surface area contributed by atoms with E-state index in [1.54, 1.807) is 18.2 Å². The number of nitrogens with one attached hydrogen (secondary N) is 1. The molecule has 23 heavy (non-hydrogen) atoms. The highest BCUT2D eigenvalue weighted by Gasteiger charge is 2.08. The second-order valence-corrected chi connectivity index (χ2v) is 5.39. The zero-order chi connectivity index (χ0) is 16.2. The first-order valence-electron chi connectivity index (χ1n) is 7.59. The number of rotatable bonds is 6. The van der Waals surface area contributed by atoms with Gasteiger partial charge in [0.25, 0.3) is 0 Å². The predicted molar refractivity (Wildman–Crippen MR) is 88.1 cm³/mol. The summed E-state index contributed by atoms with van der Waals surface area (Å²) in [5, 5.41) is 9.03. The molecule has 0 amide bonds. The van der Waals surface area contributed by atoms with Gasteiger partial charge < -0.3 is 14.8 Å². The molecule has 3 rings (SSSR count). The van der Waals surface area contributed by atoms with Crippen LogP contribution in [0.4, 0.5) is 0 Å². The van der Waals surface area contributed by atoms with Crippen molar-refractivity contribution >= 4 is 17.0 Å². The molecule has 1 heterocycles. The van der Waals surface area contributed by atoms with Crippen molar-refractivity contribution in [1.82, 2.24) is 9.97 Å². The molecule has 1 aromatic heterocycles. The van der Waals surface area contributed by atoms with E-state index in [2.05, 4.69) is 16.9 Å². The highest BCUT2D eigenvalue weighted by Crippen LogP contribution is 2.18. The second-order valence-electron chi connectivity index (χ2n) is 5.39. The Morgan fingerprint density at radius 3 is 2.70 bits per heavy atom. The third-order valence-corrected chi connectivity index (χ3v) is 3.55. The fraction of sp³-hybridized carbons (Fsp3) is 0.222. The van der Waals surface area contributed by atoms with E-state index in [9.17, 15) is 4.79 Å². The average Bonchev–Trinajstić information content (AvgIpc) is 2.95. The minimum Gasteiger partial charge on any atom is -0.494 e. The van der Waals surface area contributed by atoms with E-state index in [0.717, 1.165) is 41.2 Å². The van der Waals surface area contributed by atoms with Crippen LogP contribution in [0, 0.1) is 0 Å². The summed E-state index contributed by atoms with van der Waals surface area (Å²) in [7, 11) is 0. The number of carboxylic acids is 1. The smallest absolute Gasteiger partial charge is 0.335 e. The van der Waals surface area contributed by atoms with Gasteiger partial charge in [0.1, 0.15) is 11.6 Å². The summed E-state index contributed by atoms with van der Waals surface area (Å²) in [6.07, 6.45) is 1.64. The fourth-order valence-electron chi connectivity index (χ4n) is 2.40. The summed E-state index contributed by atoms with van der Waals surface area (Å²) < 4.78 is 5.56. The van der Waals surface area contributed by atoms with Crippen LogP contribution in [-0.4, -0.2) is 27.7 Å². The largest absolute Gasteiger partial charge is 0.494 e. The molecule has 0 saturated carbocycles. The van der Waals surface area contributed by atoms with Crippen molar-refractivity contribution in [3.63, 3.8) is 0 Å². The lowest BCUT2D eigenvalue weighted by Crippen LogP contribution is -1.95. The molecule has 0 aliphatic carbocycles. The quantitative estimate of drug-likeness (QED) is 0.729. The molecular formula is C18H18N2O3. The lowest BCUT2D eigenvalue weighted by Gasteiger charge is -2.05. The monoisotopic (exact) mass is 310 g/mol. The van der Waals surface area contributed by atoms with Crippen LogP contribution < -0.4 is 4.74 Å². The first-order chi connectivity index (χ1) is 11.2. The Bertz CT molecular complexity index is 822. The van der Waals surface area contributed by atoms with Gasteiger partial charge >= 0.3 is 5.97 Å². The number of imidazole rings is 1. The Morgan fingerprint density at radius 1 is 1.22 bits per heavy atom. The number of aromatic amines is 1. The topological polar surface area (TPSA) is 75.2 Å². The molecule has 3 aromatic rings. The third-order valence-electron chi connectivity index (χ3n) is 3.55. The first kappa shape index (κ1) is 15.1. The van der Waals surface area contributed by atoms with Gasteiger partial charge in [0.15, 0.2) is 0 Å². The van der Waals surface area contributed by atoms with E-state index in [-0.39, 0.29) is 5.56 Å². The van der Waals surface area contributed by atoms with Crippen molar-refractivity contribution in [2.45, 2.75) is 19.8 Å². The van der Waals surface area contributed by atoms with Crippen molar-refractivity contribution < 1.29 is 14.6 Å². The Morgan fingerprint density at radius 2 is 2.00 bits per heavy atom. The highest BCUT2D eigenvalue weighted by atomic mass is 16.5. The Balaban J connectivity index is 1.77. The van der Waals surface area contributed by atoms with Crippen molar-refractivity contribution in [2.24, 2.45) is 0 Å². The minimum atomic E-state index is -0.939. The Labute approximate surface area is 133 Å². The van der Waals surface area contributed by atoms with Crippen molar-refractivity contribution in [2.75, 3.05) is 6.61 Å². The number of benzene rings is 2. The van der Waals surface area contributed by atoms with Crippen LogP contribution in [0.3, 0.4) is 0 Å². The third kappa shape index (κ3) is 3.51. The van der Waals surface area contributed by atoms with Gasteiger partial charge in [0, 0.05) is 6.42 Å². The Kier molecular flexibility index (Phi) is 4.28. The fourth-order valence-corrected chi connectivity index (χ4v) is 2.40. The van der Waals surface area contributed by atoms with Crippen LogP contribution in [0.5, 0.6) is 5.75 Å². The zero-order valence-corrected chi connectivity index (χ0v) is 12.9. The number of ether oxygens (including phenoxy) is 1. The normalized spacial score (nSPS) is 10.8. The molecule has 0 saturated heterocycles. The number of aromatic nitrogens is 2. The minimum absolute atomic E-state index is 0.255. The van der Waals surface area contributed by atoms with E-state index in [1.807, 2.05) is 24.3 Å².